The standard InChI is InChI=1S/C32H44ClN3O6S/c1-4-5-12-19-42-32(39)34(2)27(31(37)38)18-17-24-20-30-28(21-26(24)33)36(25-15-10-7-11-16-25)22-29(35(3)43(30,40)41)23-13-8-6-9-14-23/h7,10-11,15-16,20-21,23,27,29H,4-6,8-9,12-14,17-19,22H2,1-3H3,(H,37,38)/t27-,29-/m0/s1. The predicted molar refractivity (Wildman–Crippen MR) is 169 cm³/mol. The molecule has 1 aliphatic carbocycles. The first-order valence-electron chi connectivity index (χ1n) is 15.3. The van der Waals surface area contributed by atoms with Gasteiger partial charge in [-0.05, 0) is 67.9 Å². The molecule has 4 rings (SSSR count). The van der Waals surface area contributed by atoms with E-state index in [1.165, 1.54) is 17.8 Å². The summed E-state index contributed by atoms with van der Waals surface area (Å²) < 4.78 is 35.2. The molecule has 0 aromatic heterocycles. The molecular weight excluding hydrogens is 590 g/mol. The van der Waals surface area contributed by atoms with Crippen LogP contribution in [-0.2, 0) is 26.0 Å². The maximum absolute atomic E-state index is 14.2. The third-order valence-corrected chi connectivity index (χ3v) is 11.1. The fraction of sp³-hybridized carbons (Fsp3) is 0.562. The lowest BCUT2D eigenvalue weighted by molar-refractivity contribution is -0.142. The number of carboxylic acids is 1. The number of nitrogens with zero attached hydrogens (tertiary/aromatic N) is 3. The molecule has 0 unspecified atom stereocenters. The van der Waals surface area contributed by atoms with Crippen molar-refractivity contribution in [3.05, 3.63) is 53.1 Å². The lowest BCUT2D eigenvalue weighted by Gasteiger charge is -2.36. The molecule has 236 valence electrons. The van der Waals surface area contributed by atoms with Gasteiger partial charge in [0.2, 0.25) is 10.0 Å². The van der Waals surface area contributed by atoms with E-state index in [1.807, 2.05) is 42.2 Å². The van der Waals surface area contributed by atoms with Crippen molar-refractivity contribution in [1.29, 1.82) is 0 Å². The number of hydrogen-bond donors (Lipinski definition) is 1. The second-order valence-electron chi connectivity index (χ2n) is 11.7. The highest BCUT2D eigenvalue weighted by atomic mass is 35.5. The second kappa shape index (κ2) is 14.8. The molecule has 2 atom stereocenters. The maximum atomic E-state index is 14.2. The SMILES string of the molecule is CCCCCOC(=O)N(C)[C@@H](CCc1cc2c(cc1Cl)N(c1ccccc1)C[C@@H](C1CCCCC1)N(C)S2(=O)=O)C(=O)O. The molecule has 43 heavy (non-hydrogen) atoms. The van der Waals surface area contributed by atoms with E-state index in [1.54, 1.807) is 19.2 Å². The molecule has 2 aromatic rings. The predicted octanol–water partition coefficient (Wildman–Crippen LogP) is 6.71. The largest absolute Gasteiger partial charge is 0.480 e. The van der Waals surface area contributed by atoms with Crippen molar-refractivity contribution in [2.75, 3.05) is 32.1 Å². The first kappa shape index (κ1) is 33.1. The van der Waals surface area contributed by atoms with E-state index >= 15 is 0 Å². The Morgan fingerprint density at radius 1 is 1.12 bits per heavy atom. The van der Waals surface area contributed by atoms with Crippen LogP contribution in [0.2, 0.25) is 5.02 Å². The molecule has 1 N–H and O–H groups in total. The van der Waals surface area contributed by atoms with Gasteiger partial charge >= 0.3 is 12.1 Å². The van der Waals surface area contributed by atoms with E-state index in [0.717, 1.165) is 49.1 Å². The van der Waals surface area contributed by atoms with Crippen LogP contribution in [0.25, 0.3) is 0 Å². The minimum atomic E-state index is -3.90. The number of carbonyl (C=O) groups is 2. The number of amides is 1. The van der Waals surface area contributed by atoms with E-state index in [4.69, 9.17) is 16.3 Å². The highest BCUT2D eigenvalue weighted by molar-refractivity contribution is 7.89. The number of aryl methyl sites for hydroxylation is 1. The summed E-state index contributed by atoms with van der Waals surface area (Å²) in [6.07, 6.45) is 7.43. The zero-order valence-corrected chi connectivity index (χ0v) is 26.9. The Bertz CT molecular complexity index is 1370. The molecule has 1 heterocycles. The Balaban J connectivity index is 1.65. The fourth-order valence-electron chi connectivity index (χ4n) is 6.26. The van der Waals surface area contributed by atoms with Crippen molar-refractivity contribution >= 4 is 45.1 Å². The molecule has 1 aliphatic heterocycles. The summed E-state index contributed by atoms with van der Waals surface area (Å²) in [5.41, 5.74) is 1.90. The molecule has 1 saturated carbocycles. The first-order valence-corrected chi connectivity index (χ1v) is 17.1. The number of anilines is 2. The van der Waals surface area contributed by atoms with Gasteiger partial charge in [-0.25, -0.2) is 18.0 Å². The number of carboxylic acid groups (broad SMARTS) is 1. The average molecular weight is 634 g/mol. The van der Waals surface area contributed by atoms with Gasteiger partial charge in [0.25, 0.3) is 0 Å². The Morgan fingerprint density at radius 3 is 2.47 bits per heavy atom. The topological polar surface area (TPSA) is 107 Å². The number of ether oxygens (including phenoxy) is 1. The van der Waals surface area contributed by atoms with Crippen LogP contribution in [0, 0.1) is 5.92 Å². The Kier molecular flexibility index (Phi) is 11.4. The third kappa shape index (κ3) is 7.64. The van der Waals surface area contributed by atoms with E-state index in [0.29, 0.717) is 29.2 Å². The zero-order chi connectivity index (χ0) is 31.1. The average Bonchev–Trinajstić information content (AvgIpc) is 3.08. The quantitative estimate of drug-likeness (QED) is 0.274. The summed E-state index contributed by atoms with van der Waals surface area (Å²) in [6.45, 7) is 2.77. The molecule has 1 amide bonds. The van der Waals surface area contributed by atoms with Gasteiger partial charge in [0, 0.05) is 37.4 Å². The molecular formula is C32H44ClN3O6S. The Hall–Kier alpha value is -2.82. The van der Waals surface area contributed by atoms with Crippen molar-refractivity contribution in [3.63, 3.8) is 0 Å². The van der Waals surface area contributed by atoms with Crippen molar-refractivity contribution in [2.45, 2.75) is 88.1 Å². The van der Waals surface area contributed by atoms with Crippen LogP contribution in [0.5, 0.6) is 0 Å². The minimum Gasteiger partial charge on any atom is -0.480 e. The Morgan fingerprint density at radius 2 is 1.81 bits per heavy atom. The van der Waals surface area contributed by atoms with Crippen LogP contribution < -0.4 is 4.90 Å². The number of hydrogen-bond acceptors (Lipinski definition) is 6. The molecule has 0 spiro atoms. The van der Waals surface area contributed by atoms with Crippen molar-refractivity contribution in [3.8, 4) is 0 Å². The number of fused-ring (bicyclic) bond motifs is 1. The number of rotatable bonds is 11. The van der Waals surface area contributed by atoms with Crippen molar-refractivity contribution in [2.24, 2.45) is 5.92 Å². The maximum Gasteiger partial charge on any atom is 0.410 e. The summed E-state index contributed by atoms with van der Waals surface area (Å²) in [7, 11) is -0.829. The molecule has 0 radical (unpaired) electrons. The van der Waals surface area contributed by atoms with Gasteiger partial charge in [-0.2, -0.15) is 4.31 Å². The monoisotopic (exact) mass is 633 g/mol. The highest BCUT2D eigenvalue weighted by Gasteiger charge is 2.41. The van der Waals surface area contributed by atoms with Gasteiger partial charge in [0.05, 0.1) is 12.3 Å². The summed E-state index contributed by atoms with van der Waals surface area (Å²) in [6, 6.07) is 11.6. The number of unbranched alkanes of at least 4 members (excludes halogenated alkanes) is 2. The number of halogens is 1. The molecule has 1 fully saturated rings. The lowest BCUT2D eigenvalue weighted by atomic mass is 9.83. The zero-order valence-electron chi connectivity index (χ0n) is 25.4. The number of benzene rings is 2. The summed E-state index contributed by atoms with van der Waals surface area (Å²) in [5.74, 6) is -0.922. The molecule has 2 aromatic carbocycles. The highest BCUT2D eigenvalue weighted by Crippen LogP contribution is 2.43. The fourth-order valence-corrected chi connectivity index (χ4v) is 8.14. The molecule has 0 saturated heterocycles. The van der Waals surface area contributed by atoms with Crippen LogP contribution in [0.15, 0.2) is 47.4 Å². The van der Waals surface area contributed by atoms with Crippen LogP contribution in [0.3, 0.4) is 0 Å². The number of sulfonamides is 1. The lowest BCUT2D eigenvalue weighted by Crippen LogP contribution is -2.46. The van der Waals surface area contributed by atoms with Crippen LogP contribution in [0.1, 0.15) is 70.3 Å². The minimum absolute atomic E-state index is 0.0391. The van der Waals surface area contributed by atoms with Gasteiger partial charge in [-0.15, -0.1) is 0 Å². The number of carbonyl (C=O) groups excluding carboxylic acids is 1. The molecule has 9 nitrogen and oxygen atoms in total. The molecule has 11 heteroatoms. The van der Waals surface area contributed by atoms with Crippen LogP contribution >= 0.6 is 11.6 Å². The molecule has 2 aliphatic rings. The second-order valence-corrected chi connectivity index (χ2v) is 14.0. The smallest absolute Gasteiger partial charge is 0.410 e. The van der Waals surface area contributed by atoms with Gasteiger partial charge in [-0.3, -0.25) is 4.90 Å². The number of para-hydroxylation sites is 1. The van der Waals surface area contributed by atoms with E-state index in [2.05, 4.69) is 0 Å². The normalized spacial score (nSPS) is 19.7. The summed E-state index contributed by atoms with van der Waals surface area (Å²) >= 11 is 6.80. The van der Waals surface area contributed by atoms with E-state index < -0.39 is 28.1 Å². The molecule has 0 bridgehead atoms. The van der Waals surface area contributed by atoms with Crippen LogP contribution in [-0.4, -0.2) is 74.1 Å². The number of aliphatic carboxylic acids is 1. The number of likely N-dealkylation sites (N-methyl/N-ethyl adjacent to an activating group) is 2. The van der Waals surface area contributed by atoms with Crippen molar-refractivity contribution < 1.29 is 27.9 Å². The van der Waals surface area contributed by atoms with E-state index in [9.17, 15) is 23.1 Å². The van der Waals surface area contributed by atoms with E-state index in [-0.39, 0.29) is 36.3 Å². The van der Waals surface area contributed by atoms with Crippen LogP contribution in [0.4, 0.5) is 16.2 Å². The van der Waals surface area contributed by atoms with Gasteiger partial charge in [0.1, 0.15) is 10.9 Å². The van der Waals surface area contributed by atoms with Crippen molar-refractivity contribution in [1.82, 2.24) is 9.21 Å². The van der Waals surface area contributed by atoms with Gasteiger partial charge in [0.15, 0.2) is 0 Å². The van der Waals surface area contributed by atoms with Gasteiger partial charge in [-0.1, -0.05) is 68.8 Å². The third-order valence-electron chi connectivity index (χ3n) is 8.88. The first-order chi connectivity index (χ1) is 20.6. The van der Waals surface area contributed by atoms with Gasteiger partial charge < -0.3 is 14.7 Å². The summed E-state index contributed by atoms with van der Waals surface area (Å²) in [5, 5.41) is 10.3. The summed E-state index contributed by atoms with van der Waals surface area (Å²) in [4.78, 5) is 28.0. The Labute approximate surface area is 260 Å².